The van der Waals surface area contributed by atoms with Gasteiger partial charge < -0.3 is 5.32 Å². The number of rotatable bonds is 3. The van der Waals surface area contributed by atoms with Crippen molar-refractivity contribution in [1.82, 2.24) is 15.1 Å². The minimum absolute atomic E-state index is 0.440. The first-order valence-corrected chi connectivity index (χ1v) is 6.46. The summed E-state index contributed by atoms with van der Waals surface area (Å²) in [6.07, 6.45) is 1.03. The fourth-order valence-electron chi connectivity index (χ4n) is 2.20. The van der Waals surface area contributed by atoms with E-state index in [9.17, 15) is 4.39 Å². The number of hydrogen-bond donors (Lipinski definition) is 1. The molecule has 1 unspecified atom stereocenters. The molecule has 90 valence electrons. The number of nitrogens with one attached hydrogen (secondary N) is 1. The SMILES string of the molecule is CCn1nc(C)c(Br)c1CC1(F)CCNC1. The number of aromatic nitrogens is 2. The van der Waals surface area contributed by atoms with Gasteiger partial charge in [0.15, 0.2) is 0 Å². The van der Waals surface area contributed by atoms with Crippen LogP contribution in [0.15, 0.2) is 4.47 Å². The van der Waals surface area contributed by atoms with Crippen molar-refractivity contribution in [3.8, 4) is 0 Å². The van der Waals surface area contributed by atoms with Crippen molar-refractivity contribution >= 4 is 15.9 Å². The molecular formula is C11H17BrFN3. The maximum Gasteiger partial charge on any atom is 0.130 e. The summed E-state index contributed by atoms with van der Waals surface area (Å²) in [6, 6.07) is 0. The van der Waals surface area contributed by atoms with Gasteiger partial charge in [-0.2, -0.15) is 5.10 Å². The Morgan fingerprint density at radius 3 is 2.94 bits per heavy atom. The van der Waals surface area contributed by atoms with E-state index in [4.69, 9.17) is 0 Å². The lowest BCUT2D eigenvalue weighted by Crippen LogP contribution is -2.30. The van der Waals surface area contributed by atoms with E-state index in [1.165, 1.54) is 0 Å². The molecule has 0 radical (unpaired) electrons. The van der Waals surface area contributed by atoms with Crippen LogP contribution < -0.4 is 5.32 Å². The molecule has 3 nitrogen and oxygen atoms in total. The lowest BCUT2D eigenvalue weighted by molar-refractivity contribution is 0.186. The van der Waals surface area contributed by atoms with Crippen LogP contribution in [0.3, 0.4) is 0 Å². The summed E-state index contributed by atoms with van der Waals surface area (Å²) in [5.41, 5.74) is 0.805. The van der Waals surface area contributed by atoms with Gasteiger partial charge in [-0.25, -0.2) is 4.39 Å². The van der Waals surface area contributed by atoms with Crippen molar-refractivity contribution in [2.45, 2.75) is 38.9 Å². The third-order valence-electron chi connectivity index (χ3n) is 3.13. The van der Waals surface area contributed by atoms with E-state index in [1.807, 2.05) is 18.5 Å². The highest BCUT2D eigenvalue weighted by molar-refractivity contribution is 9.10. The molecule has 1 aromatic heterocycles. The molecule has 0 bridgehead atoms. The molecule has 0 aliphatic carbocycles. The molecule has 0 aromatic carbocycles. The van der Waals surface area contributed by atoms with E-state index in [0.29, 0.717) is 19.4 Å². The van der Waals surface area contributed by atoms with Gasteiger partial charge in [-0.15, -0.1) is 0 Å². The fraction of sp³-hybridized carbons (Fsp3) is 0.727. The third kappa shape index (κ3) is 2.15. The molecule has 0 saturated carbocycles. The van der Waals surface area contributed by atoms with Gasteiger partial charge in [0.25, 0.3) is 0 Å². The minimum Gasteiger partial charge on any atom is -0.313 e. The second-order valence-corrected chi connectivity index (χ2v) is 5.21. The normalized spacial score (nSPS) is 25.2. The van der Waals surface area contributed by atoms with E-state index in [-0.39, 0.29) is 0 Å². The van der Waals surface area contributed by atoms with Crippen molar-refractivity contribution in [1.29, 1.82) is 0 Å². The van der Waals surface area contributed by atoms with Crippen LogP contribution in [-0.2, 0) is 13.0 Å². The molecule has 1 atom stereocenters. The zero-order valence-electron chi connectivity index (χ0n) is 9.69. The maximum atomic E-state index is 14.4. The number of nitrogens with zero attached hydrogens (tertiary/aromatic N) is 2. The highest BCUT2D eigenvalue weighted by Gasteiger charge is 2.35. The molecule has 1 saturated heterocycles. The molecule has 1 N–H and O–H groups in total. The van der Waals surface area contributed by atoms with E-state index in [0.717, 1.165) is 29.0 Å². The summed E-state index contributed by atoms with van der Waals surface area (Å²) in [5, 5.41) is 7.46. The van der Waals surface area contributed by atoms with Gasteiger partial charge in [0, 0.05) is 19.5 Å². The number of halogens is 2. The Balaban J connectivity index is 2.26. The van der Waals surface area contributed by atoms with Gasteiger partial charge in [-0.3, -0.25) is 4.68 Å². The van der Waals surface area contributed by atoms with Gasteiger partial charge in [0.2, 0.25) is 0 Å². The summed E-state index contributed by atoms with van der Waals surface area (Å²) in [5.74, 6) is 0. The number of aryl methyl sites for hydroxylation is 2. The zero-order valence-corrected chi connectivity index (χ0v) is 11.3. The second kappa shape index (κ2) is 4.45. The van der Waals surface area contributed by atoms with Crippen LogP contribution in [-0.4, -0.2) is 28.5 Å². The van der Waals surface area contributed by atoms with Gasteiger partial charge >= 0.3 is 0 Å². The predicted octanol–water partition coefficient (Wildman–Crippen LogP) is 2.22. The van der Waals surface area contributed by atoms with E-state index >= 15 is 0 Å². The molecular weight excluding hydrogens is 273 g/mol. The van der Waals surface area contributed by atoms with Crippen LogP contribution in [0, 0.1) is 6.92 Å². The lowest BCUT2D eigenvalue weighted by Gasteiger charge is -2.18. The van der Waals surface area contributed by atoms with Crippen LogP contribution in [0.2, 0.25) is 0 Å². The lowest BCUT2D eigenvalue weighted by atomic mass is 9.99. The molecule has 1 aliphatic rings. The van der Waals surface area contributed by atoms with Crippen LogP contribution in [0.1, 0.15) is 24.7 Å². The van der Waals surface area contributed by atoms with Crippen molar-refractivity contribution in [3.63, 3.8) is 0 Å². The molecule has 5 heteroatoms. The Bertz CT molecular complexity index is 383. The molecule has 2 heterocycles. The molecule has 0 amide bonds. The van der Waals surface area contributed by atoms with Gasteiger partial charge in [-0.1, -0.05) is 0 Å². The molecule has 16 heavy (non-hydrogen) atoms. The van der Waals surface area contributed by atoms with Gasteiger partial charge in [0.1, 0.15) is 5.67 Å². The zero-order chi connectivity index (χ0) is 11.8. The fourth-order valence-corrected chi connectivity index (χ4v) is 2.63. The molecule has 2 rings (SSSR count). The maximum absolute atomic E-state index is 14.4. The highest BCUT2D eigenvalue weighted by atomic mass is 79.9. The Kier molecular flexibility index (Phi) is 3.35. The summed E-state index contributed by atoms with van der Waals surface area (Å²) in [4.78, 5) is 0. The standard InChI is InChI=1S/C11H17BrFN3/c1-3-16-9(10(12)8(2)15-16)6-11(13)4-5-14-7-11/h14H,3-7H2,1-2H3. The van der Waals surface area contributed by atoms with Crippen molar-refractivity contribution in [3.05, 3.63) is 15.9 Å². The summed E-state index contributed by atoms with van der Waals surface area (Å²) in [7, 11) is 0. The van der Waals surface area contributed by atoms with E-state index < -0.39 is 5.67 Å². The largest absolute Gasteiger partial charge is 0.313 e. The first-order valence-electron chi connectivity index (χ1n) is 5.67. The monoisotopic (exact) mass is 289 g/mol. The predicted molar refractivity (Wildman–Crippen MR) is 65.4 cm³/mol. The molecule has 0 spiro atoms. The van der Waals surface area contributed by atoms with Crippen LogP contribution >= 0.6 is 15.9 Å². The first-order chi connectivity index (χ1) is 7.56. The topological polar surface area (TPSA) is 29.9 Å². The van der Waals surface area contributed by atoms with Crippen molar-refractivity contribution in [2.75, 3.05) is 13.1 Å². The highest BCUT2D eigenvalue weighted by Crippen LogP contribution is 2.30. The molecule has 1 aliphatic heterocycles. The summed E-state index contributed by atoms with van der Waals surface area (Å²) >= 11 is 3.50. The minimum atomic E-state index is -1.11. The van der Waals surface area contributed by atoms with Crippen molar-refractivity contribution in [2.24, 2.45) is 0 Å². The van der Waals surface area contributed by atoms with Crippen LogP contribution in [0.5, 0.6) is 0 Å². The Morgan fingerprint density at radius 2 is 2.38 bits per heavy atom. The summed E-state index contributed by atoms with van der Waals surface area (Å²) < 4.78 is 17.2. The van der Waals surface area contributed by atoms with Crippen LogP contribution in [0.4, 0.5) is 4.39 Å². The first kappa shape index (κ1) is 12.0. The number of alkyl halides is 1. The Hall–Kier alpha value is -0.420. The third-order valence-corrected chi connectivity index (χ3v) is 4.16. The number of hydrogen-bond acceptors (Lipinski definition) is 2. The average molecular weight is 290 g/mol. The van der Waals surface area contributed by atoms with E-state index in [2.05, 4.69) is 26.3 Å². The van der Waals surface area contributed by atoms with Gasteiger partial charge in [0.05, 0.1) is 15.9 Å². The van der Waals surface area contributed by atoms with Crippen LogP contribution in [0.25, 0.3) is 0 Å². The second-order valence-electron chi connectivity index (χ2n) is 4.42. The average Bonchev–Trinajstić information content (AvgIpc) is 2.78. The molecule has 1 fully saturated rings. The Morgan fingerprint density at radius 1 is 1.62 bits per heavy atom. The van der Waals surface area contributed by atoms with Gasteiger partial charge in [-0.05, 0) is 42.7 Å². The van der Waals surface area contributed by atoms with Crippen molar-refractivity contribution < 1.29 is 4.39 Å². The smallest absolute Gasteiger partial charge is 0.130 e. The quantitative estimate of drug-likeness (QED) is 0.925. The Labute approximate surface area is 104 Å². The summed E-state index contributed by atoms with van der Waals surface area (Å²) in [6.45, 7) is 5.98. The molecule has 1 aromatic rings. The van der Waals surface area contributed by atoms with E-state index in [1.54, 1.807) is 0 Å².